The average molecular weight is 360 g/mol. The van der Waals surface area contributed by atoms with Crippen molar-refractivity contribution < 1.29 is 9.59 Å². The lowest BCUT2D eigenvalue weighted by molar-refractivity contribution is -0.122. The molecule has 1 aromatic carbocycles. The molecular formula is C14H15Cl2N3O2S. The Hall–Kier alpha value is -1.37. The van der Waals surface area contributed by atoms with Crippen LogP contribution < -0.4 is 11.1 Å². The van der Waals surface area contributed by atoms with Crippen molar-refractivity contribution in [2.24, 2.45) is 11.7 Å². The Morgan fingerprint density at radius 3 is 2.27 bits per heavy atom. The summed E-state index contributed by atoms with van der Waals surface area (Å²) in [5.41, 5.74) is 5.62. The Morgan fingerprint density at radius 2 is 1.77 bits per heavy atom. The lowest BCUT2D eigenvalue weighted by Crippen LogP contribution is -2.45. The van der Waals surface area contributed by atoms with Crippen LogP contribution in [0.3, 0.4) is 0 Å². The number of thiocarbonyl (C=S) groups is 1. The van der Waals surface area contributed by atoms with Crippen molar-refractivity contribution in [2.45, 2.75) is 12.8 Å². The lowest BCUT2D eigenvalue weighted by atomic mass is 9.96. The number of nitrogens with two attached hydrogens (primary N) is 1. The second-order valence-corrected chi connectivity index (χ2v) is 6.22. The summed E-state index contributed by atoms with van der Waals surface area (Å²) in [7, 11) is 0. The van der Waals surface area contributed by atoms with Gasteiger partial charge in [0.2, 0.25) is 5.91 Å². The Labute approximate surface area is 143 Å². The van der Waals surface area contributed by atoms with Gasteiger partial charge in [0.25, 0.3) is 5.91 Å². The van der Waals surface area contributed by atoms with Crippen LogP contribution in [-0.2, 0) is 9.59 Å². The van der Waals surface area contributed by atoms with Crippen molar-refractivity contribution in [2.75, 3.05) is 18.4 Å². The van der Waals surface area contributed by atoms with Gasteiger partial charge in [-0.2, -0.15) is 0 Å². The first-order chi connectivity index (χ1) is 10.4. The third kappa shape index (κ3) is 3.88. The minimum Gasteiger partial charge on any atom is -0.369 e. The van der Waals surface area contributed by atoms with E-state index < -0.39 is 5.91 Å². The molecule has 1 aliphatic heterocycles. The summed E-state index contributed by atoms with van der Waals surface area (Å²) in [6, 6.07) is 4.95. The first-order valence-electron chi connectivity index (χ1n) is 6.73. The van der Waals surface area contributed by atoms with Gasteiger partial charge in [0.15, 0.2) is 4.99 Å². The fourth-order valence-electron chi connectivity index (χ4n) is 2.29. The van der Waals surface area contributed by atoms with E-state index in [4.69, 9.17) is 41.2 Å². The van der Waals surface area contributed by atoms with Crippen LogP contribution in [0.4, 0.5) is 5.69 Å². The lowest BCUT2D eigenvalue weighted by Gasteiger charge is -2.31. The fraction of sp³-hybridized carbons (Fsp3) is 0.357. The molecule has 0 bridgehead atoms. The van der Waals surface area contributed by atoms with Gasteiger partial charge < -0.3 is 16.0 Å². The number of halogens is 2. The molecule has 0 unspecified atom stereocenters. The number of benzene rings is 1. The second-order valence-electron chi connectivity index (χ2n) is 5.02. The number of likely N-dealkylation sites (tertiary alicyclic amines) is 1. The minimum atomic E-state index is -0.442. The van der Waals surface area contributed by atoms with Crippen molar-refractivity contribution in [3.8, 4) is 0 Å². The monoisotopic (exact) mass is 359 g/mol. The molecule has 1 fully saturated rings. The van der Waals surface area contributed by atoms with E-state index in [1.807, 2.05) is 0 Å². The number of para-hydroxylation sites is 1. The van der Waals surface area contributed by atoms with Gasteiger partial charge in [0.05, 0.1) is 15.7 Å². The molecule has 22 heavy (non-hydrogen) atoms. The van der Waals surface area contributed by atoms with E-state index in [1.54, 1.807) is 23.1 Å². The van der Waals surface area contributed by atoms with Gasteiger partial charge in [-0.3, -0.25) is 9.59 Å². The van der Waals surface area contributed by atoms with E-state index in [0.29, 0.717) is 41.7 Å². The first-order valence-corrected chi connectivity index (χ1v) is 7.90. The van der Waals surface area contributed by atoms with Crippen LogP contribution in [0.1, 0.15) is 12.8 Å². The van der Waals surface area contributed by atoms with Crippen LogP contribution in [0.2, 0.25) is 10.0 Å². The van der Waals surface area contributed by atoms with Crippen LogP contribution in [0.5, 0.6) is 0 Å². The van der Waals surface area contributed by atoms with Gasteiger partial charge in [-0.25, -0.2) is 0 Å². The largest absolute Gasteiger partial charge is 0.369 e. The number of hydrogen-bond acceptors (Lipinski definition) is 3. The number of carbonyl (C=O) groups excluding carboxylic acids is 2. The molecule has 5 nitrogen and oxygen atoms in total. The van der Waals surface area contributed by atoms with E-state index in [2.05, 4.69) is 5.32 Å². The van der Waals surface area contributed by atoms with Crippen molar-refractivity contribution in [3.05, 3.63) is 28.2 Å². The summed E-state index contributed by atoms with van der Waals surface area (Å²) in [6.45, 7) is 1.05. The normalized spacial score (nSPS) is 15.5. The number of anilines is 1. The third-order valence-corrected chi connectivity index (χ3v) is 4.65. The highest BCUT2D eigenvalue weighted by Gasteiger charge is 2.27. The third-order valence-electron chi connectivity index (χ3n) is 3.58. The summed E-state index contributed by atoms with van der Waals surface area (Å²) >= 11 is 17.2. The van der Waals surface area contributed by atoms with Gasteiger partial charge in [-0.15, -0.1) is 0 Å². The molecule has 8 heteroatoms. The van der Waals surface area contributed by atoms with Gasteiger partial charge in [-0.1, -0.05) is 41.5 Å². The van der Waals surface area contributed by atoms with Gasteiger partial charge in [-0.05, 0) is 25.0 Å². The number of primary amides is 1. The zero-order valence-electron chi connectivity index (χ0n) is 11.6. The van der Waals surface area contributed by atoms with E-state index in [0.717, 1.165) is 0 Å². The van der Waals surface area contributed by atoms with Crippen molar-refractivity contribution >= 4 is 57.9 Å². The van der Waals surface area contributed by atoms with Crippen LogP contribution in [0.15, 0.2) is 18.2 Å². The highest BCUT2D eigenvalue weighted by atomic mass is 35.5. The fourth-order valence-corrected chi connectivity index (χ4v) is 3.02. The van der Waals surface area contributed by atoms with Crippen LogP contribution in [-0.4, -0.2) is 34.8 Å². The van der Waals surface area contributed by atoms with Crippen LogP contribution in [0, 0.1) is 5.92 Å². The summed E-state index contributed by atoms with van der Waals surface area (Å²) in [6.07, 6.45) is 1.19. The zero-order valence-corrected chi connectivity index (χ0v) is 14.0. The number of hydrogen-bond donors (Lipinski definition) is 2. The van der Waals surface area contributed by atoms with Crippen molar-refractivity contribution in [1.29, 1.82) is 0 Å². The topological polar surface area (TPSA) is 75.4 Å². The SMILES string of the molecule is NC(=O)C1CCN(C(=S)C(=O)Nc2c(Cl)cccc2Cl)CC1. The molecule has 2 amide bonds. The van der Waals surface area contributed by atoms with E-state index >= 15 is 0 Å². The van der Waals surface area contributed by atoms with E-state index in [1.165, 1.54) is 0 Å². The quantitative estimate of drug-likeness (QED) is 0.795. The number of piperidine rings is 1. The van der Waals surface area contributed by atoms with Gasteiger partial charge >= 0.3 is 0 Å². The summed E-state index contributed by atoms with van der Waals surface area (Å²) in [5.74, 6) is -0.902. The number of amides is 2. The molecule has 0 radical (unpaired) electrons. The molecule has 1 aliphatic rings. The van der Waals surface area contributed by atoms with Gasteiger partial charge in [0, 0.05) is 19.0 Å². The predicted molar refractivity (Wildman–Crippen MR) is 91.2 cm³/mol. The maximum atomic E-state index is 12.2. The Bertz CT molecular complexity index is 596. The van der Waals surface area contributed by atoms with E-state index in [9.17, 15) is 9.59 Å². The molecule has 1 saturated heterocycles. The van der Waals surface area contributed by atoms with Gasteiger partial charge in [0.1, 0.15) is 0 Å². The molecule has 1 aromatic rings. The molecule has 1 heterocycles. The Kier molecular flexibility index (Phi) is 5.61. The average Bonchev–Trinajstić information content (AvgIpc) is 2.50. The van der Waals surface area contributed by atoms with Crippen molar-refractivity contribution in [3.63, 3.8) is 0 Å². The maximum Gasteiger partial charge on any atom is 0.283 e. The first kappa shape index (κ1) is 17.0. The van der Waals surface area contributed by atoms with Crippen molar-refractivity contribution in [1.82, 2.24) is 4.90 Å². The number of rotatable bonds is 2. The molecule has 0 saturated carbocycles. The zero-order chi connectivity index (χ0) is 16.3. The maximum absolute atomic E-state index is 12.2. The molecule has 0 spiro atoms. The number of carbonyl (C=O) groups is 2. The highest BCUT2D eigenvalue weighted by Crippen LogP contribution is 2.30. The Balaban J connectivity index is 1.99. The van der Waals surface area contributed by atoms with Crippen LogP contribution >= 0.6 is 35.4 Å². The predicted octanol–water partition coefficient (Wildman–Crippen LogP) is 2.46. The molecule has 0 aliphatic carbocycles. The second kappa shape index (κ2) is 7.26. The highest BCUT2D eigenvalue weighted by molar-refractivity contribution is 7.82. The summed E-state index contributed by atoms with van der Waals surface area (Å²) in [5, 5.41) is 3.32. The smallest absolute Gasteiger partial charge is 0.283 e. The summed E-state index contributed by atoms with van der Waals surface area (Å²) in [4.78, 5) is 25.3. The molecule has 0 atom stereocenters. The van der Waals surface area contributed by atoms with E-state index in [-0.39, 0.29) is 16.8 Å². The molecule has 118 valence electrons. The molecular weight excluding hydrogens is 345 g/mol. The summed E-state index contributed by atoms with van der Waals surface area (Å²) < 4.78 is 0. The minimum absolute atomic E-state index is 0.152. The standard InChI is InChI=1S/C14H15Cl2N3O2S/c15-9-2-1-3-10(16)11(9)18-13(21)14(22)19-6-4-8(5-7-19)12(17)20/h1-3,8H,4-7H2,(H2,17,20)(H,18,21). The molecule has 2 rings (SSSR count). The van der Waals surface area contributed by atoms with Crippen LogP contribution in [0.25, 0.3) is 0 Å². The molecule has 0 aromatic heterocycles. The molecule has 3 N–H and O–H groups in total. The number of nitrogens with one attached hydrogen (secondary N) is 1. The number of nitrogens with zero attached hydrogens (tertiary/aromatic N) is 1. The Morgan fingerprint density at radius 1 is 1.23 bits per heavy atom.